The van der Waals surface area contributed by atoms with E-state index >= 15 is 0 Å². The first-order valence-electron chi connectivity index (χ1n) is 6.90. The Morgan fingerprint density at radius 1 is 1.22 bits per heavy atom. The van der Waals surface area contributed by atoms with E-state index in [9.17, 15) is 0 Å². The van der Waals surface area contributed by atoms with E-state index in [-0.39, 0.29) is 0 Å². The Kier molecular flexibility index (Phi) is 4.41. The molecule has 2 rings (SSSR count). The van der Waals surface area contributed by atoms with E-state index in [0.29, 0.717) is 5.41 Å². The minimum absolute atomic E-state index is 0.578. The van der Waals surface area contributed by atoms with Crippen molar-refractivity contribution in [3.05, 3.63) is 21.8 Å². The maximum Gasteiger partial charge on any atom is 0.0600 e. The fraction of sp³-hybridized carbons (Fsp3) is 0.600. The van der Waals surface area contributed by atoms with E-state index in [1.54, 1.807) is 0 Å². The third kappa shape index (κ3) is 2.76. The van der Waals surface area contributed by atoms with Gasteiger partial charge >= 0.3 is 0 Å². The normalized spacial score (nSPS) is 18.9. The third-order valence-electron chi connectivity index (χ3n) is 4.65. The molecule has 1 heterocycles. The van der Waals surface area contributed by atoms with Gasteiger partial charge < -0.3 is 10.6 Å². The number of benzene rings is 1. The second kappa shape index (κ2) is 5.68. The number of anilines is 2. The molecule has 0 aliphatic carbocycles. The van der Waals surface area contributed by atoms with Gasteiger partial charge in [-0.2, -0.15) is 0 Å². The Hall–Kier alpha value is -0.450. The highest BCUT2D eigenvalue weighted by molar-refractivity contribution is 14.1. The molecule has 0 unspecified atom stereocenters. The summed E-state index contributed by atoms with van der Waals surface area (Å²) in [5, 5.41) is 0. The van der Waals surface area contributed by atoms with E-state index in [0.717, 1.165) is 18.8 Å². The summed E-state index contributed by atoms with van der Waals surface area (Å²) in [6.45, 7) is 6.95. The molecule has 1 aromatic carbocycles. The number of hydrogen-bond donors (Lipinski definition) is 1. The average molecular weight is 358 g/mol. The zero-order valence-corrected chi connectivity index (χ0v) is 13.5. The van der Waals surface area contributed by atoms with Crippen LogP contribution in [0.1, 0.15) is 39.5 Å². The maximum absolute atomic E-state index is 6.14. The highest BCUT2D eigenvalue weighted by atomic mass is 127. The SMILES string of the molecule is CCC1(CC)CCN(c2ccc(I)cc2N)CC1. The van der Waals surface area contributed by atoms with Crippen molar-refractivity contribution in [2.24, 2.45) is 5.41 Å². The second-order valence-electron chi connectivity index (χ2n) is 5.40. The lowest BCUT2D eigenvalue weighted by atomic mass is 9.74. The van der Waals surface area contributed by atoms with E-state index in [4.69, 9.17) is 5.73 Å². The largest absolute Gasteiger partial charge is 0.397 e. The number of hydrogen-bond acceptors (Lipinski definition) is 2. The summed E-state index contributed by atoms with van der Waals surface area (Å²) in [7, 11) is 0. The molecule has 3 heteroatoms. The molecule has 0 atom stereocenters. The van der Waals surface area contributed by atoms with Crippen molar-refractivity contribution in [1.82, 2.24) is 0 Å². The third-order valence-corrected chi connectivity index (χ3v) is 5.33. The topological polar surface area (TPSA) is 29.3 Å². The van der Waals surface area contributed by atoms with Gasteiger partial charge in [0.2, 0.25) is 0 Å². The molecule has 100 valence electrons. The van der Waals surface area contributed by atoms with Gasteiger partial charge in [0.05, 0.1) is 11.4 Å². The van der Waals surface area contributed by atoms with E-state index < -0.39 is 0 Å². The first-order valence-corrected chi connectivity index (χ1v) is 7.98. The molecule has 0 amide bonds. The molecule has 18 heavy (non-hydrogen) atoms. The predicted octanol–water partition coefficient (Wildman–Crippen LogP) is 4.28. The van der Waals surface area contributed by atoms with E-state index in [2.05, 4.69) is 59.5 Å². The van der Waals surface area contributed by atoms with Crippen LogP contribution in [0.15, 0.2) is 18.2 Å². The quantitative estimate of drug-likeness (QED) is 0.646. The number of piperidine rings is 1. The summed E-state index contributed by atoms with van der Waals surface area (Å²) in [5.41, 5.74) is 8.85. The summed E-state index contributed by atoms with van der Waals surface area (Å²) in [6.07, 6.45) is 5.20. The Morgan fingerprint density at radius 3 is 2.33 bits per heavy atom. The Morgan fingerprint density at radius 2 is 1.83 bits per heavy atom. The molecule has 0 saturated carbocycles. The van der Waals surface area contributed by atoms with Gasteiger partial charge in [-0.1, -0.05) is 26.7 Å². The van der Waals surface area contributed by atoms with Gasteiger partial charge in [-0.3, -0.25) is 0 Å². The maximum atomic E-state index is 6.14. The van der Waals surface area contributed by atoms with Crippen LogP contribution in [0, 0.1) is 8.99 Å². The van der Waals surface area contributed by atoms with Crippen molar-refractivity contribution < 1.29 is 0 Å². The number of halogens is 1. The van der Waals surface area contributed by atoms with Crippen molar-refractivity contribution in [1.29, 1.82) is 0 Å². The number of nitrogens with two attached hydrogens (primary N) is 1. The monoisotopic (exact) mass is 358 g/mol. The molecule has 1 fully saturated rings. The van der Waals surface area contributed by atoms with Crippen LogP contribution in [0.25, 0.3) is 0 Å². The lowest BCUT2D eigenvalue weighted by Gasteiger charge is -2.42. The van der Waals surface area contributed by atoms with Gasteiger partial charge in [0, 0.05) is 16.7 Å². The molecular weight excluding hydrogens is 335 g/mol. The van der Waals surface area contributed by atoms with Crippen LogP contribution >= 0.6 is 22.6 Å². The molecule has 2 N–H and O–H groups in total. The van der Waals surface area contributed by atoms with Gasteiger partial charge in [-0.25, -0.2) is 0 Å². The first kappa shape index (κ1) is 14.0. The van der Waals surface area contributed by atoms with E-state index in [1.165, 1.54) is 34.9 Å². The van der Waals surface area contributed by atoms with Crippen LogP contribution in [-0.4, -0.2) is 13.1 Å². The number of nitrogen functional groups attached to an aromatic ring is 1. The van der Waals surface area contributed by atoms with Gasteiger partial charge in [0.25, 0.3) is 0 Å². The molecule has 1 aromatic rings. The van der Waals surface area contributed by atoms with Crippen molar-refractivity contribution in [3.63, 3.8) is 0 Å². The molecule has 1 aliphatic rings. The lowest BCUT2D eigenvalue weighted by Crippen LogP contribution is -2.39. The minimum Gasteiger partial charge on any atom is -0.397 e. The van der Waals surface area contributed by atoms with Gasteiger partial charge in [-0.15, -0.1) is 0 Å². The molecular formula is C15H23IN2. The zero-order valence-electron chi connectivity index (χ0n) is 11.4. The number of nitrogens with zero attached hydrogens (tertiary/aromatic N) is 1. The molecule has 0 spiro atoms. The van der Waals surface area contributed by atoms with Crippen molar-refractivity contribution >= 4 is 34.0 Å². The predicted molar refractivity (Wildman–Crippen MR) is 88.0 cm³/mol. The zero-order chi connectivity index (χ0) is 13.2. The van der Waals surface area contributed by atoms with Crippen LogP contribution < -0.4 is 10.6 Å². The molecule has 2 nitrogen and oxygen atoms in total. The second-order valence-corrected chi connectivity index (χ2v) is 6.64. The smallest absolute Gasteiger partial charge is 0.0600 e. The Bertz CT molecular complexity index is 403. The van der Waals surface area contributed by atoms with Crippen LogP contribution in [0.4, 0.5) is 11.4 Å². The summed E-state index contributed by atoms with van der Waals surface area (Å²) >= 11 is 2.31. The minimum atomic E-state index is 0.578. The highest BCUT2D eigenvalue weighted by Gasteiger charge is 2.31. The van der Waals surface area contributed by atoms with Crippen molar-refractivity contribution in [2.45, 2.75) is 39.5 Å². The van der Waals surface area contributed by atoms with Crippen molar-refractivity contribution in [2.75, 3.05) is 23.7 Å². The fourth-order valence-corrected chi connectivity index (χ4v) is 3.51. The summed E-state index contributed by atoms with van der Waals surface area (Å²) in [4.78, 5) is 2.45. The molecule has 1 saturated heterocycles. The first-order chi connectivity index (χ1) is 8.60. The molecule has 0 bridgehead atoms. The van der Waals surface area contributed by atoms with Crippen molar-refractivity contribution in [3.8, 4) is 0 Å². The Labute approximate surface area is 124 Å². The Balaban J connectivity index is 2.10. The van der Waals surface area contributed by atoms with Crippen LogP contribution in [0.5, 0.6) is 0 Å². The standard InChI is InChI=1S/C15H23IN2/c1-3-15(4-2)7-9-18(10-8-15)14-6-5-12(16)11-13(14)17/h5-6,11H,3-4,7-10,17H2,1-2H3. The molecule has 1 aliphatic heterocycles. The summed E-state index contributed by atoms with van der Waals surface area (Å²) < 4.78 is 1.21. The molecule has 0 aromatic heterocycles. The van der Waals surface area contributed by atoms with Crippen LogP contribution in [-0.2, 0) is 0 Å². The van der Waals surface area contributed by atoms with Gasteiger partial charge in [0.1, 0.15) is 0 Å². The van der Waals surface area contributed by atoms with Gasteiger partial charge in [0.15, 0.2) is 0 Å². The summed E-state index contributed by atoms with van der Waals surface area (Å²) in [5.74, 6) is 0. The average Bonchev–Trinajstić information content (AvgIpc) is 2.39. The number of rotatable bonds is 3. The fourth-order valence-electron chi connectivity index (χ4n) is 2.99. The van der Waals surface area contributed by atoms with Crippen LogP contribution in [0.3, 0.4) is 0 Å². The summed E-state index contributed by atoms with van der Waals surface area (Å²) in [6, 6.07) is 6.38. The van der Waals surface area contributed by atoms with E-state index in [1.807, 2.05) is 0 Å². The van der Waals surface area contributed by atoms with Gasteiger partial charge in [-0.05, 0) is 59.0 Å². The lowest BCUT2D eigenvalue weighted by molar-refractivity contribution is 0.199. The highest BCUT2D eigenvalue weighted by Crippen LogP contribution is 2.40. The molecule has 0 radical (unpaired) electrons. The van der Waals surface area contributed by atoms with Crippen LogP contribution in [0.2, 0.25) is 0 Å².